The molecule has 1 fully saturated rings. The number of benzene rings is 2. The molecule has 1 aliphatic rings. The van der Waals surface area contributed by atoms with Crippen LogP contribution in [-0.4, -0.2) is 54.7 Å². The topological polar surface area (TPSA) is 113 Å². The van der Waals surface area contributed by atoms with Crippen LogP contribution >= 0.6 is 0 Å². The van der Waals surface area contributed by atoms with Gasteiger partial charge in [-0.15, -0.1) is 0 Å². The summed E-state index contributed by atoms with van der Waals surface area (Å²) in [6.07, 6.45) is 24.3. The number of para-hydroxylation sites is 1. The summed E-state index contributed by atoms with van der Waals surface area (Å²) in [5.41, 5.74) is 4.13. The second-order valence-electron chi connectivity index (χ2n) is 14.6. The standard InChI is InChI=1S/C48H65NO8/c1-3-53-45(51)27-15-11-13-22-40-37-56-47(57-48(40)43-25-18-19-26-44(43)50)29-17-9-7-5-6-8-10-20-35-55-41-32-30-38(31-33-41)42(39-23-21-34-49-36-39)24-14-12-16-28-46(52)54-4-2/h11,13,18-19,21,23-26,30-34,36,40,47-48,50H,3-10,12,14-17,20,22,27-29,35,37H2,1-2H3/b13-11-,42-24+/t40-,47+,48+/m1/s1. The van der Waals surface area contributed by atoms with E-state index in [0.717, 1.165) is 85.8 Å². The van der Waals surface area contributed by atoms with Gasteiger partial charge in [0.05, 0.1) is 32.5 Å². The third-order valence-corrected chi connectivity index (χ3v) is 10.1. The Morgan fingerprint density at radius 3 is 2.21 bits per heavy atom. The van der Waals surface area contributed by atoms with Crippen LogP contribution in [-0.2, 0) is 28.5 Å². The highest BCUT2D eigenvalue weighted by atomic mass is 16.7. The van der Waals surface area contributed by atoms with Crippen LogP contribution in [0.5, 0.6) is 11.5 Å². The fourth-order valence-corrected chi connectivity index (χ4v) is 7.07. The number of carbonyl (C=O) groups excluding carboxylic acids is 2. The molecule has 1 saturated heterocycles. The summed E-state index contributed by atoms with van der Waals surface area (Å²) >= 11 is 0. The van der Waals surface area contributed by atoms with Crippen LogP contribution in [0.2, 0.25) is 0 Å². The van der Waals surface area contributed by atoms with Crippen molar-refractivity contribution in [2.24, 2.45) is 5.92 Å². The molecule has 1 N–H and O–H groups in total. The fraction of sp³-hybridized carbons (Fsp3) is 0.521. The molecule has 0 aliphatic carbocycles. The normalized spacial score (nSPS) is 17.1. The van der Waals surface area contributed by atoms with Gasteiger partial charge in [0.2, 0.25) is 0 Å². The van der Waals surface area contributed by atoms with E-state index in [1.807, 2.05) is 62.5 Å². The first kappa shape index (κ1) is 45.2. The Bertz CT molecular complexity index is 1620. The predicted octanol–water partition coefficient (Wildman–Crippen LogP) is 11.3. The van der Waals surface area contributed by atoms with Gasteiger partial charge in [0.25, 0.3) is 0 Å². The van der Waals surface area contributed by atoms with E-state index >= 15 is 0 Å². The molecule has 310 valence electrons. The Kier molecular flexibility index (Phi) is 21.6. The lowest BCUT2D eigenvalue weighted by Gasteiger charge is -2.37. The zero-order valence-electron chi connectivity index (χ0n) is 34.3. The van der Waals surface area contributed by atoms with E-state index in [9.17, 15) is 14.7 Å². The Hall–Kier alpha value is -4.47. The van der Waals surface area contributed by atoms with E-state index in [4.69, 9.17) is 23.7 Å². The van der Waals surface area contributed by atoms with E-state index in [2.05, 4.69) is 35.3 Å². The lowest BCUT2D eigenvalue weighted by atomic mass is 9.91. The van der Waals surface area contributed by atoms with Gasteiger partial charge >= 0.3 is 11.9 Å². The van der Waals surface area contributed by atoms with Gasteiger partial charge in [0.15, 0.2) is 6.29 Å². The lowest BCUT2D eigenvalue weighted by molar-refractivity contribution is -0.241. The summed E-state index contributed by atoms with van der Waals surface area (Å²) in [5.74, 6) is 0.897. The molecule has 2 heterocycles. The molecule has 4 rings (SSSR count). The maximum Gasteiger partial charge on any atom is 0.306 e. The Morgan fingerprint density at radius 1 is 0.772 bits per heavy atom. The third-order valence-electron chi connectivity index (χ3n) is 10.1. The minimum atomic E-state index is -0.283. The molecule has 1 aliphatic heterocycles. The summed E-state index contributed by atoms with van der Waals surface area (Å²) in [4.78, 5) is 27.6. The molecule has 0 amide bonds. The van der Waals surface area contributed by atoms with Gasteiger partial charge in [-0.25, -0.2) is 0 Å². The molecular formula is C48H65NO8. The summed E-state index contributed by atoms with van der Waals surface area (Å²) in [7, 11) is 0. The number of unbranched alkanes of at least 4 members (excludes halogenated alkanes) is 9. The maximum absolute atomic E-state index is 11.7. The number of allylic oxidation sites excluding steroid dienone is 3. The monoisotopic (exact) mass is 783 g/mol. The van der Waals surface area contributed by atoms with E-state index in [-0.39, 0.29) is 36.0 Å². The molecule has 2 aromatic carbocycles. The highest BCUT2D eigenvalue weighted by Crippen LogP contribution is 2.39. The quantitative estimate of drug-likeness (QED) is 0.0458. The van der Waals surface area contributed by atoms with E-state index < -0.39 is 0 Å². The molecule has 3 atom stereocenters. The maximum atomic E-state index is 11.7. The number of phenols is 1. The summed E-state index contributed by atoms with van der Waals surface area (Å²) in [6.45, 7) is 5.75. The molecule has 0 radical (unpaired) electrons. The molecule has 3 aromatic rings. The van der Waals surface area contributed by atoms with Gasteiger partial charge < -0.3 is 28.8 Å². The van der Waals surface area contributed by atoms with Crippen molar-refractivity contribution < 1.29 is 38.4 Å². The smallest absolute Gasteiger partial charge is 0.306 e. The Morgan fingerprint density at radius 2 is 1.49 bits per heavy atom. The zero-order chi connectivity index (χ0) is 40.3. The predicted molar refractivity (Wildman–Crippen MR) is 225 cm³/mol. The highest BCUT2D eigenvalue weighted by molar-refractivity contribution is 5.79. The molecule has 0 bridgehead atoms. The van der Waals surface area contributed by atoms with Crippen LogP contribution in [0, 0.1) is 5.92 Å². The van der Waals surface area contributed by atoms with Gasteiger partial charge in [-0.2, -0.15) is 0 Å². The van der Waals surface area contributed by atoms with Crippen LogP contribution in [0.3, 0.4) is 0 Å². The summed E-state index contributed by atoms with van der Waals surface area (Å²) < 4.78 is 28.7. The van der Waals surface area contributed by atoms with Crippen LogP contribution < -0.4 is 4.74 Å². The van der Waals surface area contributed by atoms with E-state index in [1.54, 1.807) is 12.3 Å². The number of esters is 2. The highest BCUT2D eigenvalue weighted by Gasteiger charge is 2.33. The third kappa shape index (κ3) is 17.3. The zero-order valence-corrected chi connectivity index (χ0v) is 34.3. The largest absolute Gasteiger partial charge is 0.508 e. The molecule has 0 unspecified atom stereocenters. The number of hydrogen-bond donors (Lipinski definition) is 1. The van der Waals surface area contributed by atoms with Gasteiger partial charge in [-0.05, 0) is 101 Å². The van der Waals surface area contributed by atoms with Gasteiger partial charge in [0, 0.05) is 42.3 Å². The average Bonchev–Trinajstić information content (AvgIpc) is 3.22. The number of pyridine rings is 1. The summed E-state index contributed by atoms with van der Waals surface area (Å²) in [5, 5.41) is 10.6. The van der Waals surface area contributed by atoms with Crippen molar-refractivity contribution >= 4 is 17.5 Å². The number of rotatable bonds is 27. The van der Waals surface area contributed by atoms with Crippen LogP contribution in [0.1, 0.15) is 139 Å². The van der Waals surface area contributed by atoms with E-state index in [0.29, 0.717) is 45.7 Å². The first-order chi connectivity index (χ1) is 28.0. The molecular weight excluding hydrogens is 719 g/mol. The number of carbonyl (C=O) groups is 2. The number of aromatic nitrogens is 1. The minimum absolute atomic E-state index is 0.0746. The Balaban J connectivity index is 1.08. The first-order valence-electron chi connectivity index (χ1n) is 21.3. The van der Waals surface area contributed by atoms with Crippen molar-refractivity contribution in [2.75, 3.05) is 26.4 Å². The number of ether oxygens (including phenoxy) is 5. The molecule has 0 spiro atoms. The van der Waals surface area contributed by atoms with Crippen molar-refractivity contribution in [1.29, 1.82) is 0 Å². The van der Waals surface area contributed by atoms with Gasteiger partial charge in [-0.3, -0.25) is 14.6 Å². The lowest BCUT2D eigenvalue weighted by Crippen LogP contribution is -2.34. The Labute approximate surface area is 340 Å². The van der Waals surface area contributed by atoms with Gasteiger partial charge in [-0.1, -0.05) is 93.2 Å². The second-order valence-corrected chi connectivity index (χ2v) is 14.6. The van der Waals surface area contributed by atoms with Crippen LogP contribution in [0.4, 0.5) is 0 Å². The van der Waals surface area contributed by atoms with Crippen molar-refractivity contribution in [1.82, 2.24) is 4.98 Å². The SMILES string of the molecule is CCOC(=O)CC/C=C\C[C@@H]1CO[C@H](CCCCCCCCCCOc2ccc(/C(=C\CCCCC(=O)OCC)c3cccnc3)cc2)O[C@@H]1c1ccccc1O. The van der Waals surface area contributed by atoms with Crippen molar-refractivity contribution in [3.05, 3.63) is 108 Å². The van der Waals surface area contributed by atoms with Crippen LogP contribution in [0.25, 0.3) is 5.57 Å². The van der Waals surface area contributed by atoms with Crippen molar-refractivity contribution in [2.45, 2.75) is 129 Å². The van der Waals surface area contributed by atoms with E-state index in [1.165, 1.54) is 25.7 Å². The number of nitrogens with zero attached hydrogens (tertiary/aromatic N) is 1. The van der Waals surface area contributed by atoms with Gasteiger partial charge in [0.1, 0.15) is 11.5 Å². The number of aromatic hydroxyl groups is 1. The minimum Gasteiger partial charge on any atom is -0.508 e. The first-order valence-corrected chi connectivity index (χ1v) is 21.3. The molecule has 9 nitrogen and oxygen atoms in total. The average molecular weight is 784 g/mol. The van der Waals surface area contributed by atoms with Crippen LogP contribution in [0.15, 0.2) is 91.3 Å². The van der Waals surface area contributed by atoms with Crippen molar-refractivity contribution in [3.63, 3.8) is 0 Å². The molecule has 57 heavy (non-hydrogen) atoms. The van der Waals surface area contributed by atoms with Crippen molar-refractivity contribution in [3.8, 4) is 11.5 Å². The molecule has 9 heteroatoms. The number of phenolic OH excluding ortho intramolecular Hbond substituents is 1. The number of hydrogen-bond acceptors (Lipinski definition) is 9. The molecule has 0 saturated carbocycles. The fourth-order valence-electron chi connectivity index (χ4n) is 7.07. The second kappa shape index (κ2) is 27.2. The summed E-state index contributed by atoms with van der Waals surface area (Å²) in [6, 6.07) is 19.8. The molecule has 1 aromatic heterocycles.